The molecule has 1 saturated heterocycles. The van der Waals surface area contributed by atoms with Gasteiger partial charge in [-0.25, -0.2) is 13.2 Å². The standard InChI is InChI=1S/C23H20N2O6S/c1-15-12-22(26)31-21-13-18(4-7-20(15)21)30-23(27)17-8-10-25(11-9-17)32(28,29)19-5-2-16(14-24)3-6-19/h2-7,12-13,17H,8-11H2,1H3. The Morgan fingerprint density at radius 1 is 1.12 bits per heavy atom. The number of rotatable bonds is 4. The van der Waals surface area contributed by atoms with Crippen LogP contribution in [0.4, 0.5) is 0 Å². The number of sulfonamides is 1. The Bertz CT molecular complexity index is 1380. The number of nitriles is 1. The van der Waals surface area contributed by atoms with Crippen LogP contribution in [0, 0.1) is 24.2 Å². The van der Waals surface area contributed by atoms with Crippen molar-refractivity contribution in [2.24, 2.45) is 5.92 Å². The van der Waals surface area contributed by atoms with E-state index in [0.29, 0.717) is 24.0 Å². The SMILES string of the molecule is Cc1cc(=O)oc2cc(OC(=O)C3CCN(S(=O)(=O)c4ccc(C#N)cc4)CC3)ccc12. The van der Waals surface area contributed by atoms with Gasteiger partial charge in [0.1, 0.15) is 11.3 Å². The van der Waals surface area contributed by atoms with Crippen molar-refractivity contribution in [3.8, 4) is 11.8 Å². The zero-order chi connectivity index (χ0) is 22.9. The molecule has 0 atom stereocenters. The minimum atomic E-state index is -3.70. The molecule has 0 aliphatic carbocycles. The molecule has 0 amide bonds. The second-order valence-corrected chi connectivity index (χ2v) is 9.58. The van der Waals surface area contributed by atoms with E-state index in [-0.39, 0.29) is 23.7 Å². The van der Waals surface area contributed by atoms with Crippen LogP contribution in [-0.4, -0.2) is 31.8 Å². The van der Waals surface area contributed by atoms with Crippen molar-refractivity contribution in [3.63, 3.8) is 0 Å². The number of ether oxygens (including phenoxy) is 1. The molecular weight excluding hydrogens is 432 g/mol. The number of piperidine rings is 1. The highest BCUT2D eigenvalue weighted by Gasteiger charge is 2.33. The van der Waals surface area contributed by atoms with Gasteiger partial charge in [-0.15, -0.1) is 0 Å². The van der Waals surface area contributed by atoms with E-state index in [4.69, 9.17) is 14.4 Å². The van der Waals surface area contributed by atoms with Gasteiger partial charge in [0.25, 0.3) is 0 Å². The van der Waals surface area contributed by atoms with Gasteiger partial charge in [-0.2, -0.15) is 9.57 Å². The Morgan fingerprint density at radius 2 is 1.81 bits per heavy atom. The number of carbonyl (C=O) groups is 1. The van der Waals surface area contributed by atoms with E-state index in [1.807, 2.05) is 6.07 Å². The van der Waals surface area contributed by atoms with E-state index in [1.54, 1.807) is 19.1 Å². The minimum absolute atomic E-state index is 0.116. The third kappa shape index (κ3) is 4.28. The molecular formula is C23H20N2O6S. The minimum Gasteiger partial charge on any atom is -0.426 e. The summed E-state index contributed by atoms with van der Waals surface area (Å²) in [5.74, 6) is -0.624. The van der Waals surface area contributed by atoms with Crippen molar-refractivity contribution >= 4 is 27.0 Å². The van der Waals surface area contributed by atoms with Crippen LogP contribution in [0.5, 0.6) is 5.75 Å². The van der Waals surface area contributed by atoms with Crippen molar-refractivity contribution in [1.29, 1.82) is 5.26 Å². The van der Waals surface area contributed by atoms with Crippen LogP contribution >= 0.6 is 0 Å². The first-order valence-corrected chi connectivity index (χ1v) is 11.5. The average Bonchev–Trinajstić information content (AvgIpc) is 2.78. The number of carbonyl (C=O) groups excluding carboxylic acids is 1. The zero-order valence-electron chi connectivity index (χ0n) is 17.3. The number of nitrogens with zero attached hydrogens (tertiary/aromatic N) is 2. The van der Waals surface area contributed by atoms with Crippen molar-refractivity contribution in [3.05, 3.63) is 70.1 Å². The number of aryl methyl sites for hydroxylation is 1. The monoisotopic (exact) mass is 452 g/mol. The highest BCUT2D eigenvalue weighted by molar-refractivity contribution is 7.89. The maximum atomic E-state index is 12.8. The Morgan fingerprint density at radius 3 is 2.47 bits per heavy atom. The molecule has 3 aromatic rings. The van der Waals surface area contributed by atoms with Crippen LogP contribution < -0.4 is 10.4 Å². The maximum Gasteiger partial charge on any atom is 0.336 e. The van der Waals surface area contributed by atoms with Gasteiger partial charge in [0.2, 0.25) is 10.0 Å². The molecule has 1 fully saturated rings. The van der Waals surface area contributed by atoms with Gasteiger partial charge in [0.15, 0.2) is 0 Å². The molecule has 4 rings (SSSR count). The molecule has 0 N–H and O–H groups in total. The van der Waals surface area contributed by atoms with E-state index < -0.39 is 27.5 Å². The molecule has 8 nitrogen and oxygen atoms in total. The van der Waals surface area contributed by atoms with Crippen LogP contribution in [0.15, 0.2) is 62.6 Å². The van der Waals surface area contributed by atoms with Gasteiger partial charge in [0.05, 0.1) is 22.4 Å². The Kier molecular flexibility index (Phi) is 5.82. The molecule has 0 spiro atoms. The van der Waals surface area contributed by atoms with Crippen LogP contribution in [-0.2, 0) is 14.8 Å². The van der Waals surface area contributed by atoms with Gasteiger partial charge in [-0.05, 0) is 61.7 Å². The topological polar surface area (TPSA) is 118 Å². The van der Waals surface area contributed by atoms with Crippen molar-refractivity contribution in [2.75, 3.05) is 13.1 Å². The first-order chi connectivity index (χ1) is 15.3. The van der Waals surface area contributed by atoms with E-state index in [9.17, 15) is 18.0 Å². The first kappa shape index (κ1) is 21.7. The van der Waals surface area contributed by atoms with Crippen LogP contribution in [0.1, 0.15) is 24.0 Å². The Balaban J connectivity index is 1.42. The average molecular weight is 452 g/mol. The molecule has 2 aromatic carbocycles. The van der Waals surface area contributed by atoms with Crippen LogP contribution in [0.25, 0.3) is 11.0 Å². The van der Waals surface area contributed by atoms with E-state index in [0.717, 1.165) is 10.9 Å². The summed E-state index contributed by atoms with van der Waals surface area (Å²) in [5, 5.41) is 9.63. The summed E-state index contributed by atoms with van der Waals surface area (Å²) >= 11 is 0. The fraction of sp³-hybridized carbons (Fsp3) is 0.261. The van der Waals surface area contributed by atoms with E-state index in [1.165, 1.54) is 40.7 Å². The summed E-state index contributed by atoms with van der Waals surface area (Å²) in [6.45, 7) is 2.17. The molecule has 0 radical (unpaired) electrons. The predicted molar refractivity (Wildman–Crippen MR) is 115 cm³/mol. The van der Waals surface area contributed by atoms with Crippen LogP contribution in [0.2, 0.25) is 0 Å². The smallest absolute Gasteiger partial charge is 0.336 e. The Labute approximate surface area is 184 Å². The summed E-state index contributed by atoms with van der Waals surface area (Å²) in [6, 6.07) is 14.0. The third-order valence-corrected chi connectivity index (χ3v) is 7.46. The number of fused-ring (bicyclic) bond motifs is 1. The molecule has 9 heteroatoms. The number of benzene rings is 2. The maximum absolute atomic E-state index is 12.8. The number of hydrogen-bond acceptors (Lipinski definition) is 7. The van der Waals surface area contributed by atoms with Crippen molar-refractivity contribution in [1.82, 2.24) is 4.31 Å². The lowest BCUT2D eigenvalue weighted by Gasteiger charge is -2.30. The van der Waals surface area contributed by atoms with E-state index in [2.05, 4.69) is 0 Å². The molecule has 0 unspecified atom stereocenters. The lowest BCUT2D eigenvalue weighted by molar-refractivity contribution is -0.140. The van der Waals surface area contributed by atoms with Gasteiger partial charge >= 0.3 is 11.6 Å². The molecule has 0 bridgehead atoms. The quantitative estimate of drug-likeness (QED) is 0.339. The summed E-state index contributed by atoms with van der Waals surface area (Å²) in [5.41, 5.74) is 1.01. The molecule has 164 valence electrons. The number of esters is 1. The summed E-state index contributed by atoms with van der Waals surface area (Å²) in [6.07, 6.45) is 0.659. The lowest BCUT2D eigenvalue weighted by atomic mass is 9.98. The largest absolute Gasteiger partial charge is 0.426 e. The van der Waals surface area contributed by atoms with Gasteiger partial charge in [0, 0.05) is 30.6 Å². The molecule has 2 heterocycles. The Hall–Kier alpha value is -3.48. The molecule has 1 aliphatic heterocycles. The van der Waals surface area contributed by atoms with Crippen LogP contribution in [0.3, 0.4) is 0 Å². The molecule has 0 saturated carbocycles. The second kappa shape index (κ2) is 8.57. The molecule has 32 heavy (non-hydrogen) atoms. The lowest BCUT2D eigenvalue weighted by Crippen LogP contribution is -2.41. The van der Waals surface area contributed by atoms with Gasteiger partial charge in [-0.1, -0.05) is 0 Å². The normalized spacial score (nSPS) is 15.4. The number of hydrogen-bond donors (Lipinski definition) is 0. The summed E-state index contributed by atoms with van der Waals surface area (Å²) < 4.78 is 37.6. The fourth-order valence-corrected chi connectivity index (χ4v) is 5.22. The molecule has 1 aliphatic rings. The van der Waals surface area contributed by atoms with E-state index >= 15 is 0 Å². The predicted octanol–water partition coefficient (Wildman–Crippen LogP) is 2.98. The summed E-state index contributed by atoms with van der Waals surface area (Å²) in [4.78, 5) is 24.3. The highest BCUT2D eigenvalue weighted by Crippen LogP contribution is 2.27. The van der Waals surface area contributed by atoms with Gasteiger partial charge < -0.3 is 9.15 Å². The fourth-order valence-electron chi connectivity index (χ4n) is 3.75. The summed E-state index contributed by atoms with van der Waals surface area (Å²) in [7, 11) is -3.70. The third-order valence-electron chi connectivity index (χ3n) is 5.55. The van der Waals surface area contributed by atoms with Gasteiger partial charge in [-0.3, -0.25) is 4.79 Å². The molecule has 1 aromatic heterocycles. The first-order valence-electron chi connectivity index (χ1n) is 10.0. The zero-order valence-corrected chi connectivity index (χ0v) is 18.1. The highest BCUT2D eigenvalue weighted by atomic mass is 32.2. The second-order valence-electron chi connectivity index (χ2n) is 7.64. The van der Waals surface area contributed by atoms with Crippen molar-refractivity contribution in [2.45, 2.75) is 24.7 Å². The van der Waals surface area contributed by atoms with Crippen molar-refractivity contribution < 1.29 is 22.4 Å².